The van der Waals surface area contributed by atoms with Crippen molar-refractivity contribution in [1.29, 1.82) is 0 Å². The molecule has 0 aliphatic heterocycles. The maximum absolute atomic E-state index is 11.4. The number of aliphatic hydroxyl groups is 1. The summed E-state index contributed by atoms with van der Waals surface area (Å²) in [6.07, 6.45) is -4.44. The fourth-order valence-electron chi connectivity index (χ4n) is 0.116. The van der Waals surface area contributed by atoms with Gasteiger partial charge in [-0.1, -0.05) is 6.58 Å². The van der Waals surface area contributed by atoms with Gasteiger partial charge >= 0.3 is 6.18 Å². The third kappa shape index (κ3) is 1.91. The average molecular weight is 158 g/mol. The van der Waals surface area contributed by atoms with E-state index in [0.717, 1.165) is 0 Å². The number of hydrogen-bond donors (Lipinski definition) is 2. The molecule has 9 heavy (non-hydrogen) atoms. The SMILES string of the molecule is C=CC(O)(S)C(F)(F)F. The van der Waals surface area contributed by atoms with Crippen LogP contribution in [0.3, 0.4) is 0 Å². The highest BCUT2D eigenvalue weighted by Gasteiger charge is 2.48. The number of hydrogen-bond acceptors (Lipinski definition) is 2. The molecule has 0 amide bonds. The summed E-state index contributed by atoms with van der Waals surface area (Å²) in [7, 11) is 0. The minimum Gasteiger partial charge on any atom is -0.368 e. The van der Waals surface area contributed by atoms with Crippen LogP contribution in [0.4, 0.5) is 13.2 Å². The Hall–Kier alpha value is -0.160. The van der Waals surface area contributed by atoms with Gasteiger partial charge in [0.2, 0.25) is 4.93 Å². The van der Waals surface area contributed by atoms with Gasteiger partial charge in [0.15, 0.2) is 0 Å². The topological polar surface area (TPSA) is 20.2 Å². The summed E-state index contributed by atoms with van der Waals surface area (Å²) in [6, 6.07) is 0. The number of rotatable bonds is 1. The van der Waals surface area contributed by atoms with Crippen LogP contribution in [0.15, 0.2) is 12.7 Å². The molecule has 0 aliphatic carbocycles. The van der Waals surface area contributed by atoms with Crippen LogP contribution < -0.4 is 0 Å². The average Bonchev–Trinajstić information content (AvgIpc) is 1.64. The van der Waals surface area contributed by atoms with E-state index in [9.17, 15) is 13.2 Å². The summed E-state index contributed by atoms with van der Waals surface area (Å²) < 4.78 is 34.3. The maximum Gasteiger partial charge on any atom is 0.430 e. The van der Waals surface area contributed by atoms with E-state index in [1.807, 2.05) is 0 Å². The number of thiol groups is 1. The Morgan fingerprint density at radius 1 is 1.44 bits per heavy atom. The molecule has 0 saturated carbocycles. The lowest BCUT2D eigenvalue weighted by molar-refractivity contribution is -0.201. The molecule has 5 heteroatoms. The van der Waals surface area contributed by atoms with E-state index in [1.165, 1.54) is 0 Å². The van der Waals surface area contributed by atoms with Crippen LogP contribution in [0.5, 0.6) is 0 Å². The molecule has 0 rings (SSSR count). The second-order valence-electron chi connectivity index (χ2n) is 1.43. The Kier molecular flexibility index (Phi) is 2.19. The zero-order chi connectivity index (χ0) is 7.71. The first-order chi connectivity index (χ1) is 3.81. The van der Waals surface area contributed by atoms with E-state index in [2.05, 4.69) is 19.2 Å². The Bertz CT molecular complexity index is 117. The van der Waals surface area contributed by atoms with Gasteiger partial charge in [0.25, 0.3) is 0 Å². The fraction of sp³-hybridized carbons (Fsp3) is 0.500. The normalized spacial score (nSPS) is 18.8. The first-order valence-electron chi connectivity index (χ1n) is 1.96. The lowest BCUT2D eigenvalue weighted by Crippen LogP contribution is -2.37. The van der Waals surface area contributed by atoms with Crippen LogP contribution in [0, 0.1) is 0 Å². The molecule has 0 aliphatic rings. The Labute approximate surface area is 55.6 Å². The van der Waals surface area contributed by atoms with Crippen molar-refractivity contribution in [1.82, 2.24) is 0 Å². The van der Waals surface area contributed by atoms with Gasteiger partial charge in [0.05, 0.1) is 0 Å². The first-order valence-corrected chi connectivity index (χ1v) is 2.41. The Balaban J connectivity index is 4.32. The summed E-state index contributed by atoms with van der Waals surface area (Å²) in [5, 5.41) is 8.28. The van der Waals surface area contributed by atoms with E-state index in [1.54, 1.807) is 0 Å². The quantitative estimate of drug-likeness (QED) is 0.335. The lowest BCUT2D eigenvalue weighted by atomic mass is 10.3. The molecule has 0 fully saturated rings. The molecular formula is C4H5F3OS. The molecule has 54 valence electrons. The maximum atomic E-state index is 11.4. The van der Waals surface area contributed by atoms with Crippen molar-refractivity contribution in [2.45, 2.75) is 11.1 Å². The molecule has 0 aromatic heterocycles. The summed E-state index contributed by atoms with van der Waals surface area (Å²) >= 11 is 2.88. The van der Waals surface area contributed by atoms with Crippen molar-refractivity contribution in [2.75, 3.05) is 0 Å². The van der Waals surface area contributed by atoms with Crippen molar-refractivity contribution in [3.63, 3.8) is 0 Å². The van der Waals surface area contributed by atoms with E-state index >= 15 is 0 Å². The molecule has 0 bridgehead atoms. The van der Waals surface area contributed by atoms with Gasteiger partial charge in [-0.25, -0.2) is 0 Å². The van der Waals surface area contributed by atoms with E-state index < -0.39 is 11.1 Å². The van der Waals surface area contributed by atoms with Gasteiger partial charge in [0.1, 0.15) is 0 Å². The van der Waals surface area contributed by atoms with Crippen LogP contribution in [-0.4, -0.2) is 16.2 Å². The molecule has 0 aromatic rings. The highest BCUT2D eigenvalue weighted by molar-refractivity contribution is 7.81. The van der Waals surface area contributed by atoms with E-state index in [0.29, 0.717) is 6.08 Å². The van der Waals surface area contributed by atoms with Gasteiger partial charge in [-0.2, -0.15) is 13.2 Å². The molecule has 0 saturated heterocycles. The van der Waals surface area contributed by atoms with Gasteiger partial charge in [-0.15, -0.1) is 12.6 Å². The van der Waals surface area contributed by atoms with Crippen LogP contribution in [-0.2, 0) is 0 Å². The molecule has 0 heterocycles. The van der Waals surface area contributed by atoms with Crippen molar-refractivity contribution >= 4 is 12.6 Å². The minimum atomic E-state index is -4.75. The fourth-order valence-corrected chi connectivity index (χ4v) is 0.116. The predicted molar refractivity (Wildman–Crippen MR) is 30.2 cm³/mol. The second-order valence-corrected chi connectivity index (χ2v) is 2.11. The molecule has 0 aromatic carbocycles. The number of alkyl halides is 3. The number of halogens is 3. The summed E-state index contributed by atoms with van der Waals surface area (Å²) in [5.41, 5.74) is 0. The molecular weight excluding hydrogens is 153 g/mol. The van der Waals surface area contributed by atoms with Crippen LogP contribution in [0.2, 0.25) is 0 Å². The highest BCUT2D eigenvalue weighted by atomic mass is 32.1. The minimum absolute atomic E-state index is 0.316. The van der Waals surface area contributed by atoms with Gasteiger partial charge in [0, 0.05) is 0 Å². The molecule has 1 atom stereocenters. The zero-order valence-corrected chi connectivity index (χ0v) is 5.21. The Morgan fingerprint density at radius 3 is 1.78 bits per heavy atom. The third-order valence-electron chi connectivity index (χ3n) is 0.702. The van der Waals surface area contributed by atoms with Crippen molar-refractivity contribution in [3.05, 3.63) is 12.7 Å². The van der Waals surface area contributed by atoms with Crippen molar-refractivity contribution < 1.29 is 18.3 Å². The predicted octanol–water partition coefficient (Wildman–Crippen LogP) is 1.35. The lowest BCUT2D eigenvalue weighted by Gasteiger charge is -2.20. The van der Waals surface area contributed by atoms with Crippen molar-refractivity contribution in [2.24, 2.45) is 0 Å². The standard InChI is InChI=1S/C4H5F3OS/c1-2-3(8,9)4(5,6)7/h2,8-9H,1H2. The molecule has 0 spiro atoms. The largest absolute Gasteiger partial charge is 0.430 e. The molecule has 1 unspecified atom stereocenters. The van der Waals surface area contributed by atoms with Crippen LogP contribution >= 0.6 is 12.6 Å². The summed E-state index contributed by atoms with van der Waals surface area (Å²) in [6.45, 7) is 2.75. The van der Waals surface area contributed by atoms with Gasteiger partial charge in [-0.3, -0.25) is 0 Å². The first kappa shape index (κ1) is 8.84. The van der Waals surface area contributed by atoms with Crippen LogP contribution in [0.1, 0.15) is 0 Å². The van der Waals surface area contributed by atoms with Gasteiger partial charge < -0.3 is 5.11 Å². The van der Waals surface area contributed by atoms with Crippen molar-refractivity contribution in [3.8, 4) is 0 Å². The zero-order valence-electron chi connectivity index (χ0n) is 4.31. The summed E-state index contributed by atoms with van der Waals surface area (Å²) in [5.74, 6) is 0. The second kappa shape index (κ2) is 2.22. The summed E-state index contributed by atoms with van der Waals surface area (Å²) in [4.78, 5) is -3.06. The molecule has 0 radical (unpaired) electrons. The Morgan fingerprint density at radius 2 is 1.78 bits per heavy atom. The molecule has 1 N–H and O–H groups in total. The molecule has 1 nitrogen and oxygen atoms in total. The smallest absolute Gasteiger partial charge is 0.368 e. The van der Waals surface area contributed by atoms with Gasteiger partial charge in [-0.05, 0) is 6.08 Å². The van der Waals surface area contributed by atoms with Crippen LogP contribution in [0.25, 0.3) is 0 Å². The van der Waals surface area contributed by atoms with E-state index in [-0.39, 0.29) is 0 Å². The van der Waals surface area contributed by atoms with E-state index in [4.69, 9.17) is 5.11 Å². The highest BCUT2D eigenvalue weighted by Crippen LogP contribution is 2.33. The monoisotopic (exact) mass is 158 g/mol. The third-order valence-corrected chi connectivity index (χ3v) is 1.14.